The van der Waals surface area contributed by atoms with E-state index in [-0.39, 0.29) is 6.17 Å². The van der Waals surface area contributed by atoms with Crippen molar-refractivity contribution in [2.45, 2.75) is 13.1 Å². The van der Waals surface area contributed by atoms with Crippen molar-refractivity contribution >= 4 is 15.0 Å². The van der Waals surface area contributed by atoms with E-state index in [0.29, 0.717) is 0 Å². The number of sulfone groups is 1. The fourth-order valence-electron chi connectivity index (χ4n) is 0.587. The van der Waals surface area contributed by atoms with Crippen molar-refractivity contribution in [1.82, 2.24) is 15.8 Å². The first-order valence-corrected chi connectivity index (χ1v) is 5.63. The largest absolute Gasteiger partial charge is 0.345 e. The van der Waals surface area contributed by atoms with Crippen molar-refractivity contribution in [2.75, 3.05) is 20.4 Å². The van der Waals surface area contributed by atoms with Crippen molar-refractivity contribution in [1.29, 1.82) is 5.41 Å². The van der Waals surface area contributed by atoms with Crippen LogP contribution in [-0.2, 0) is 9.84 Å². The summed E-state index contributed by atoms with van der Waals surface area (Å²) in [6.45, 7) is 1.75. The average molecular weight is 208 g/mol. The molecule has 7 heteroatoms. The number of hydrazine groups is 1. The van der Waals surface area contributed by atoms with Crippen LogP contribution in [0.15, 0.2) is 0 Å². The molecule has 0 fully saturated rings. The van der Waals surface area contributed by atoms with Crippen LogP contribution in [0.2, 0.25) is 0 Å². The summed E-state index contributed by atoms with van der Waals surface area (Å²) in [6.07, 6.45) is 0.737. The van der Waals surface area contributed by atoms with E-state index in [0.717, 1.165) is 6.26 Å². The zero-order chi connectivity index (χ0) is 10.6. The van der Waals surface area contributed by atoms with Crippen molar-refractivity contribution < 1.29 is 8.42 Å². The summed E-state index contributed by atoms with van der Waals surface area (Å²) in [7, 11) is 0.0320. The van der Waals surface area contributed by atoms with E-state index < -0.39 is 15.0 Å². The van der Waals surface area contributed by atoms with Gasteiger partial charge in [-0.2, -0.15) is 0 Å². The second kappa shape index (κ2) is 4.54. The van der Waals surface area contributed by atoms with E-state index in [4.69, 9.17) is 5.41 Å². The van der Waals surface area contributed by atoms with Crippen LogP contribution in [0, 0.1) is 5.41 Å². The molecule has 1 unspecified atom stereocenters. The number of rotatable bonds is 3. The van der Waals surface area contributed by atoms with Crippen LogP contribution >= 0.6 is 0 Å². The fraction of sp³-hybridized carbons (Fsp3) is 0.833. The number of nitrogens with one attached hydrogen (secondary N) is 3. The summed E-state index contributed by atoms with van der Waals surface area (Å²) in [5.74, 6) is 0. The maximum atomic E-state index is 10.9. The normalized spacial score (nSPS) is 14.2. The highest BCUT2D eigenvalue weighted by Crippen LogP contribution is 1.89. The quantitative estimate of drug-likeness (QED) is 0.239. The summed E-state index contributed by atoms with van der Waals surface area (Å²) in [5, 5.41) is 10.9. The Bertz CT molecular complexity index is 274. The highest BCUT2D eigenvalue weighted by atomic mass is 32.2. The fourth-order valence-corrected chi connectivity index (χ4v) is 0.972. The van der Waals surface area contributed by atoms with Crippen LogP contribution in [0.25, 0.3) is 0 Å². The number of hydrogen-bond donors (Lipinski definition) is 3. The van der Waals surface area contributed by atoms with Gasteiger partial charge in [0.25, 0.3) is 0 Å². The van der Waals surface area contributed by atoms with E-state index in [2.05, 4.69) is 10.7 Å². The van der Waals surface area contributed by atoms with E-state index in [9.17, 15) is 8.42 Å². The molecule has 3 N–H and O–H groups in total. The Morgan fingerprint density at radius 2 is 2.00 bits per heavy atom. The molecule has 0 heterocycles. The lowest BCUT2D eigenvalue weighted by Gasteiger charge is -2.24. The van der Waals surface area contributed by atoms with Crippen molar-refractivity contribution in [3.8, 4) is 0 Å². The van der Waals surface area contributed by atoms with Gasteiger partial charge < -0.3 is 5.32 Å². The van der Waals surface area contributed by atoms with Crippen LogP contribution in [0.5, 0.6) is 0 Å². The minimum atomic E-state index is -3.42. The molecule has 0 radical (unpaired) electrons. The van der Waals surface area contributed by atoms with E-state index in [1.807, 2.05) is 0 Å². The third-order valence-electron chi connectivity index (χ3n) is 1.64. The minimum Gasteiger partial charge on any atom is -0.345 e. The minimum absolute atomic E-state index is 0.257. The first-order chi connectivity index (χ1) is 5.79. The van der Waals surface area contributed by atoms with Gasteiger partial charge in [-0.15, -0.1) is 0 Å². The summed E-state index contributed by atoms with van der Waals surface area (Å²) >= 11 is 0. The molecule has 0 amide bonds. The highest BCUT2D eigenvalue weighted by Gasteiger charge is 2.15. The van der Waals surface area contributed by atoms with E-state index in [1.54, 1.807) is 26.0 Å². The molecule has 1 atom stereocenters. The zero-order valence-corrected chi connectivity index (χ0v) is 9.07. The summed E-state index contributed by atoms with van der Waals surface area (Å²) in [4.78, 5) is 0. The molecule has 6 nitrogen and oxygen atoms in total. The van der Waals surface area contributed by atoms with Gasteiger partial charge in [0.15, 0.2) is 0 Å². The lowest BCUT2D eigenvalue weighted by atomic mass is 10.5. The molecule has 0 saturated heterocycles. The van der Waals surface area contributed by atoms with E-state index in [1.165, 1.54) is 0 Å². The predicted octanol–water partition coefficient (Wildman–Crippen LogP) is -1.03. The molecule has 13 heavy (non-hydrogen) atoms. The van der Waals surface area contributed by atoms with Crippen LogP contribution < -0.4 is 10.7 Å². The Morgan fingerprint density at radius 3 is 2.31 bits per heavy atom. The molecule has 0 bridgehead atoms. The molecule has 78 valence electrons. The van der Waals surface area contributed by atoms with Gasteiger partial charge in [-0.05, 0) is 14.0 Å². The number of nitrogens with zero attached hydrogens (tertiary/aromatic N) is 1. The van der Waals surface area contributed by atoms with Gasteiger partial charge in [-0.3, -0.25) is 10.8 Å². The first kappa shape index (κ1) is 12.3. The van der Waals surface area contributed by atoms with Crippen molar-refractivity contribution in [3.05, 3.63) is 0 Å². The van der Waals surface area contributed by atoms with Gasteiger partial charge in [-0.25, -0.2) is 13.4 Å². The highest BCUT2D eigenvalue weighted by molar-refractivity contribution is 8.05. The molecule has 0 rings (SSSR count). The number of hydrogen-bond acceptors (Lipinski definition) is 5. The number of amidine groups is 1. The maximum absolute atomic E-state index is 10.9. The van der Waals surface area contributed by atoms with Crippen LogP contribution in [-0.4, -0.2) is 45.1 Å². The smallest absolute Gasteiger partial charge is 0.214 e. The molecular weight excluding hydrogens is 192 g/mol. The summed E-state index contributed by atoms with van der Waals surface area (Å²) in [5.41, 5.74) is 2.80. The Balaban J connectivity index is 4.23. The molecule has 0 spiro atoms. The first-order valence-electron chi connectivity index (χ1n) is 3.74. The van der Waals surface area contributed by atoms with Crippen LogP contribution in [0.3, 0.4) is 0 Å². The molecule has 0 aromatic heterocycles. The molecular formula is C6H16N4O2S. The SMILES string of the molecule is CNN(C)C(C)NC(=N)S(C)(=O)=O. The molecule has 0 aliphatic carbocycles. The van der Waals surface area contributed by atoms with Gasteiger partial charge in [0, 0.05) is 13.3 Å². The monoisotopic (exact) mass is 208 g/mol. The summed E-state index contributed by atoms with van der Waals surface area (Å²) in [6, 6.07) is 0. The van der Waals surface area contributed by atoms with Gasteiger partial charge in [-0.1, -0.05) is 0 Å². The van der Waals surface area contributed by atoms with Gasteiger partial charge >= 0.3 is 0 Å². The summed E-state index contributed by atoms with van der Waals surface area (Å²) < 4.78 is 21.7. The second-order valence-corrected chi connectivity index (χ2v) is 4.71. The lowest BCUT2D eigenvalue weighted by Crippen LogP contribution is -2.50. The predicted molar refractivity (Wildman–Crippen MR) is 52.0 cm³/mol. The van der Waals surface area contributed by atoms with Gasteiger partial charge in [0.1, 0.15) is 0 Å². The van der Waals surface area contributed by atoms with E-state index >= 15 is 0 Å². The second-order valence-electron chi connectivity index (χ2n) is 2.76. The topological polar surface area (TPSA) is 85.3 Å². The molecule has 0 saturated carbocycles. The third-order valence-corrected chi connectivity index (χ3v) is 2.50. The molecule has 0 aliphatic rings. The van der Waals surface area contributed by atoms with Gasteiger partial charge in [0.2, 0.25) is 15.0 Å². The molecule has 0 aromatic rings. The van der Waals surface area contributed by atoms with Crippen LogP contribution in [0.4, 0.5) is 0 Å². The zero-order valence-electron chi connectivity index (χ0n) is 8.25. The lowest BCUT2D eigenvalue weighted by molar-refractivity contribution is 0.182. The molecule has 0 aliphatic heterocycles. The van der Waals surface area contributed by atoms with Crippen molar-refractivity contribution in [2.24, 2.45) is 0 Å². The Kier molecular flexibility index (Phi) is 4.31. The maximum Gasteiger partial charge on any atom is 0.214 e. The average Bonchev–Trinajstić information content (AvgIpc) is 2.01. The Morgan fingerprint density at radius 1 is 1.54 bits per heavy atom. The Hall–Kier alpha value is -0.660. The third kappa shape index (κ3) is 4.20. The van der Waals surface area contributed by atoms with Gasteiger partial charge in [0.05, 0.1) is 6.17 Å². The standard InChI is InChI=1S/C6H16N4O2S/c1-5(10(3)8-2)9-6(7)13(4,11)12/h5,8H,1-4H3,(H2,7,9). The van der Waals surface area contributed by atoms with Crippen molar-refractivity contribution in [3.63, 3.8) is 0 Å². The van der Waals surface area contributed by atoms with Crippen LogP contribution in [0.1, 0.15) is 6.92 Å². The Labute approximate surface area is 78.7 Å². The molecule has 0 aromatic carbocycles.